The normalized spacial score (nSPS) is 21.0. The summed E-state index contributed by atoms with van der Waals surface area (Å²) >= 11 is 0. The van der Waals surface area contributed by atoms with Crippen molar-refractivity contribution in [2.24, 2.45) is 5.92 Å². The van der Waals surface area contributed by atoms with Gasteiger partial charge in [-0.3, -0.25) is 4.79 Å². The van der Waals surface area contributed by atoms with Gasteiger partial charge in [0.1, 0.15) is 0 Å². The van der Waals surface area contributed by atoms with E-state index in [1.807, 2.05) is 0 Å². The third-order valence-electron chi connectivity index (χ3n) is 4.52. The van der Waals surface area contributed by atoms with Crippen LogP contribution in [0.5, 0.6) is 0 Å². The van der Waals surface area contributed by atoms with E-state index in [-0.39, 0.29) is 17.9 Å². The Morgan fingerprint density at radius 1 is 1.43 bits per heavy atom. The molecule has 0 bridgehead atoms. The SMILES string of the molecule is CC[C@@H](NC(=O)[C@H]1CCCN(C)C1)c1ccc(C)cc1C. The Hall–Kier alpha value is -1.35. The fourth-order valence-electron chi connectivity index (χ4n) is 3.29. The number of benzene rings is 1. The van der Waals surface area contributed by atoms with Crippen LogP contribution < -0.4 is 5.32 Å². The van der Waals surface area contributed by atoms with E-state index in [2.05, 4.69) is 56.2 Å². The summed E-state index contributed by atoms with van der Waals surface area (Å²) in [6, 6.07) is 6.61. The molecule has 0 unspecified atom stereocenters. The number of amides is 1. The molecule has 1 aromatic carbocycles. The number of hydrogen-bond donors (Lipinski definition) is 1. The number of carbonyl (C=O) groups is 1. The Balaban J connectivity index is 2.06. The summed E-state index contributed by atoms with van der Waals surface area (Å²) in [7, 11) is 2.10. The molecule has 2 atom stereocenters. The van der Waals surface area contributed by atoms with Gasteiger partial charge in [-0.15, -0.1) is 0 Å². The van der Waals surface area contributed by atoms with Crippen LogP contribution in [-0.4, -0.2) is 30.9 Å². The molecular weight excluding hydrogens is 260 g/mol. The minimum Gasteiger partial charge on any atom is -0.349 e. The number of piperidine rings is 1. The molecule has 1 heterocycles. The number of hydrogen-bond acceptors (Lipinski definition) is 2. The Morgan fingerprint density at radius 2 is 2.19 bits per heavy atom. The lowest BCUT2D eigenvalue weighted by Crippen LogP contribution is -2.42. The average molecular weight is 288 g/mol. The summed E-state index contributed by atoms with van der Waals surface area (Å²) in [5.74, 6) is 0.358. The molecule has 1 fully saturated rings. The molecule has 1 aromatic rings. The molecule has 0 aliphatic carbocycles. The molecule has 1 N–H and O–H groups in total. The lowest BCUT2D eigenvalue weighted by Gasteiger charge is -2.30. The Kier molecular flexibility index (Phi) is 5.40. The van der Waals surface area contributed by atoms with Crippen molar-refractivity contribution in [1.29, 1.82) is 0 Å². The summed E-state index contributed by atoms with van der Waals surface area (Å²) in [4.78, 5) is 14.8. The lowest BCUT2D eigenvalue weighted by atomic mass is 9.94. The van der Waals surface area contributed by atoms with Gasteiger partial charge in [-0.2, -0.15) is 0 Å². The van der Waals surface area contributed by atoms with Crippen LogP contribution in [0.15, 0.2) is 18.2 Å². The first-order chi connectivity index (χ1) is 10.0. The van der Waals surface area contributed by atoms with E-state index in [1.165, 1.54) is 16.7 Å². The van der Waals surface area contributed by atoms with E-state index >= 15 is 0 Å². The van der Waals surface area contributed by atoms with Gasteiger partial charge in [0.2, 0.25) is 5.91 Å². The average Bonchev–Trinajstić information content (AvgIpc) is 2.45. The molecule has 1 amide bonds. The lowest BCUT2D eigenvalue weighted by molar-refractivity contribution is -0.127. The van der Waals surface area contributed by atoms with E-state index in [1.54, 1.807) is 0 Å². The zero-order chi connectivity index (χ0) is 15.4. The van der Waals surface area contributed by atoms with Gasteiger partial charge in [-0.05, 0) is 57.8 Å². The van der Waals surface area contributed by atoms with Crippen molar-refractivity contribution in [3.8, 4) is 0 Å². The van der Waals surface area contributed by atoms with E-state index in [4.69, 9.17) is 0 Å². The molecule has 21 heavy (non-hydrogen) atoms. The van der Waals surface area contributed by atoms with Crippen molar-refractivity contribution in [3.63, 3.8) is 0 Å². The van der Waals surface area contributed by atoms with Crippen LogP contribution in [0.3, 0.4) is 0 Å². The van der Waals surface area contributed by atoms with Crippen molar-refractivity contribution < 1.29 is 4.79 Å². The van der Waals surface area contributed by atoms with Crippen LogP contribution in [0.4, 0.5) is 0 Å². The van der Waals surface area contributed by atoms with Crippen LogP contribution in [-0.2, 0) is 4.79 Å². The highest BCUT2D eigenvalue weighted by Crippen LogP contribution is 2.23. The molecule has 3 heteroatoms. The van der Waals surface area contributed by atoms with Crippen LogP contribution in [0.1, 0.15) is 48.9 Å². The third kappa shape index (κ3) is 4.07. The molecule has 0 radical (unpaired) electrons. The van der Waals surface area contributed by atoms with Crippen LogP contribution in [0.2, 0.25) is 0 Å². The summed E-state index contributed by atoms with van der Waals surface area (Å²) in [5.41, 5.74) is 3.79. The predicted molar refractivity (Wildman–Crippen MR) is 87.3 cm³/mol. The molecule has 116 valence electrons. The zero-order valence-corrected chi connectivity index (χ0v) is 13.8. The van der Waals surface area contributed by atoms with Crippen LogP contribution >= 0.6 is 0 Å². The molecule has 1 aliphatic rings. The van der Waals surface area contributed by atoms with Gasteiger partial charge in [0.05, 0.1) is 12.0 Å². The van der Waals surface area contributed by atoms with Crippen LogP contribution in [0.25, 0.3) is 0 Å². The smallest absolute Gasteiger partial charge is 0.224 e. The molecule has 0 aromatic heterocycles. The maximum absolute atomic E-state index is 12.5. The molecular formula is C18H28N2O. The minimum absolute atomic E-state index is 0.130. The number of nitrogens with zero attached hydrogens (tertiary/aromatic N) is 1. The summed E-state index contributed by atoms with van der Waals surface area (Å²) in [6.45, 7) is 8.37. The van der Waals surface area contributed by atoms with Gasteiger partial charge in [0.25, 0.3) is 0 Å². The molecule has 1 saturated heterocycles. The second-order valence-electron chi connectivity index (χ2n) is 6.43. The minimum atomic E-state index is 0.130. The Labute approximate surface area is 128 Å². The quantitative estimate of drug-likeness (QED) is 0.922. The summed E-state index contributed by atoms with van der Waals surface area (Å²) in [5, 5.41) is 3.27. The fraction of sp³-hybridized carbons (Fsp3) is 0.611. The Bertz CT molecular complexity index is 498. The van der Waals surface area contributed by atoms with Gasteiger partial charge in [0, 0.05) is 6.54 Å². The van der Waals surface area contributed by atoms with Crippen molar-refractivity contribution in [1.82, 2.24) is 10.2 Å². The van der Waals surface area contributed by atoms with E-state index < -0.39 is 0 Å². The second kappa shape index (κ2) is 7.08. The molecule has 0 saturated carbocycles. The van der Waals surface area contributed by atoms with Gasteiger partial charge in [0.15, 0.2) is 0 Å². The third-order valence-corrected chi connectivity index (χ3v) is 4.52. The molecule has 2 rings (SSSR count). The maximum Gasteiger partial charge on any atom is 0.224 e. The van der Waals surface area contributed by atoms with Crippen molar-refractivity contribution in [3.05, 3.63) is 34.9 Å². The highest BCUT2D eigenvalue weighted by atomic mass is 16.2. The fourth-order valence-corrected chi connectivity index (χ4v) is 3.29. The monoisotopic (exact) mass is 288 g/mol. The number of carbonyl (C=O) groups excluding carboxylic acids is 1. The number of likely N-dealkylation sites (tertiary alicyclic amines) is 1. The first-order valence-corrected chi connectivity index (χ1v) is 8.07. The second-order valence-corrected chi connectivity index (χ2v) is 6.43. The van der Waals surface area contributed by atoms with Gasteiger partial charge in [-0.1, -0.05) is 30.7 Å². The van der Waals surface area contributed by atoms with Gasteiger partial charge < -0.3 is 10.2 Å². The van der Waals surface area contributed by atoms with Crippen molar-refractivity contribution in [2.45, 2.75) is 46.1 Å². The van der Waals surface area contributed by atoms with Gasteiger partial charge in [-0.25, -0.2) is 0 Å². The molecule has 1 aliphatic heterocycles. The zero-order valence-electron chi connectivity index (χ0n) is 13.8. The van der Waals surface area contributed by atoms with E-state index in [0.29, 0.717) is 0 Å². The van der Waals surface area contributed by atoms with Crippen LogP contribution in [0, 0.1) is 19.8 Å². The molecule has 0 spiro atoms. The topological polar surface area (TPSA) is 32.3 Å². The first-order valence-electron chi connectivity index (χ1n) is 8.07. The van der Waals surface area contributed by atoms with E-state index in [9.17, 15) is 4.79 Å². The predicted octanol–water partition coefficient (Wildman–Crippen LogP) is 3.21. The van der Waals surface area contributed by atoms with Crippen molar-refractivity contribution in [2.75, 3.05) is 20.1 Å². The highest BCUT2D eigenvalue weighted by molar-refractivity contribution is 5.79. The summed E-state index contributed by atoms with van der Waals surface area (Å²) < 4.78 is 0. The van der Waals surface area contributed by atoms with E-state index in [0.717, 1.165) is 32.4 Å². The van der Waals surface area contributed by atoms with Crippen molar-refractivity contribution >= 4 is 5.91 Å². The first kappa shape index (κ1) is 16.0. The summed E-state index contributed by atoms with van der Waals surface area (Å²) in [6.07, 6.45) is 3.06. The standard InChI is InChI=1S/C18H28N2O/c1-5-17(16-9-8-13(2)11-14(16)3)19-18(21)15-7-6-10-20(4)12-15/h8-9,11,15,17H,5-7,10,12H2,1-4H3,(H,19,21)/t15-,17+/m0/s1. The largest absolute Gasteiger partial charge is 0.349 e. The number of nitrogens with one attached hydrogen (secondary N) is 1. The Morgan fingerprint density at radius 3 is 2.81 bits per heavy atom. The highest BCUT2D eigenvalue weighted by Gasteiger charge is 2.26. The molecule has 3 nitrogen and oxygen atoms in total. The van der Waals surface area contributed by atoms with Gasteiger partial charge >= 0.3 is 0 Å². The maximum atomic E-state index is 12.5. The number of rotatable bonds is 4. The number of aryl methyl sites for hydroxylation is 2.